The van der Waals surface area contributed by atoms with Crippen molar-refractivity contribution in [3.63, 3.8) is 0 Å². The van der Waals surface area contributed by atoms with Gasteiger partial charge in [0.25, 0.3) is 0 Å². The first-order valence-corrected chi connectivity index (χ1v) is 48.7. The molecule has 17 N–H and O–H groups in total. The summed E-state index contributed by atoms with van der Waals surface area (Å²) in [6.45, 7) is -3.15. The molecule has 0 radical (unpaired) electrons. The van der Waals surface area contributed by atoms with Gasteiger partial charge in [-0.1, -0.05) is 0 Å². The van der Waals surface area contributed by atoms with E-state index in [0.29, 0.717) is 24.8 Å². The molecule has 0 amide bonds. The number of aliphatic hydroxyl groups excluding tert-OH is 9. The van der Waals surface area contributed by atoms with E-state index in [1.807, 2.05) is 0 Å². The van der Waals surface area contributed by atoms with Crippen LogP contribution in [0.1, 0.15) is 103 Å². The average Bonchev–Trinajstić information content (AvgIpc) is 0.756. The SMILES string of the molecule is COc1c(O)cc2c(c1O)C1OC(COC(=O)CCSCCC(=O)OCC3OC4c5c(cc(O)c(CO)c5O)C(=O)OC4C(O)C3O)C(O)C(O)C1OC2=O.I.II.I[I-]I.N#N.O=C(O)CCSCCC(=O)O.O=C1OC2C(OC(CO)C(O)C2O)c2c1cc(O)c(CO)c2O. The molecule has 3 fully saturated rings. The van der Waals surface area contributed by atoms with E-state index in [1.54, 1.807) is 0 Å². The molecular formula is C54H65I6N2O33S2-. The number of methoxy groups -OCH3 is 1. The van der Waals surface area contributed by atoms with Crippen LogP contribution in [-0.2, 0) is 70.3 Å². The minimum atomic E-state index is -1.72. The Hall–Kier alpha value is -3.43. The molecule has 544 valence electrons. The molecular weight excluding hydrogens is 2030 g/mol. The zero-order valence-electron chi connectivity index (χ0n) is 49.7. The summed E-state index contributed by atoms with van der Waals surface area (Å²) in [4.78, 5) is 82.0. The van der Waals surface area contributed by atoms with Crippen molar-refractivity contribution >= 4 is 164 Å². The number of aliphatic hydroxyl groups is 9. The quantitative estimate of drug-likeness (QED) is 0.0209. The number of aromatic hydroxyl groups is 6. The number of rotatable bonds is 20. The van der Waals surface area contributed by atoms with Crippen molar-refractivity contribution < 1.29 is 176 Å². The number of esters is 5. The van der Waals surface area contributed by atoms with E-state index in [1.165, 1.54) is 30.6 Å². The van der Waals surface area contributed by atoms with E-state index in [-0.39, 0.29) is 111 Å². The molecule has 43 heteroatoms. The molecule has 15 unspecified atom stereocenters. The third-order valence-corrected chi connectivity index (χ3v) is 16.7. The summed E-state index contributed by atoms with van der Waals surface area (Å²) >= 11 is 12.1. The number of thioether (sulfide) groups is 2. The average molecular weight is 2100 g/mol. The van der Waals surface area contributed by atoms with Crippen molar-refractivity contribution in [3.8, 4) is 40.2 Å². The van der Waals surface area contributed by atoms with Crippen molar-refractivity contribution in [2.45, 2.75) is 130 Å². The van der Waals surface area contributed by atoms with Crippen LogP contribution in [0.25, 0.3) is 0 Å². The number of nitrogens with zero attached hydrogens (tertiary/aromatic N) is 2. The first kappa shape index (κ1) is 87.8. The molecule has 3 saturated heterocycles. The Balaban J connectivity index is 0.000000476. The number of fused-ring (bicyclic) bond motifs is 9. The third-order valence-electron chi connectivity index (χ3n) is 14.8. The molecule has 9 rings (SSSR count). The van der Waals surface area contributed by atoms with Gasteiger partial charge >= 0.3 is 92.3 Å². The number of hydrogen-bond donors (Lipinski definition) is 17. The van der Waals surface area contributed by atoms with Gasteiger partial charge in [-0.15, -0.1) is 24.0 Å². The minimum Gasteiger partial charge on any atom is -0.507 e. The number of phenols is 6. The number of ether oxygens (including phenoxy) is 9. The van der Waals surface area contributed by atoms with Gasteiger partial charge in [0.05, 0.1) is 80.4 Å². The summed E-state index contributed by atoms with van der Waals surface area (Å²) in [5.41, 5.74) is -1.63. The topological polar surface area (TPSA) is 594 Å². The van der Waals surface area contributed by atoms with Gasteiger partial charge in [0, 0.05) is 87.7 Å². The molecule has 6 aliphatic rings. The van der Waals surface area contributed by atoms with Gasteiger partial charge in [-0.3, -0.25) is 19.2 Å². The molecule has 0 bridgehead atoms. The Bertz CT molecular complexity index is 3090. The van der Waals surface area contributed by atoms with E-state index in [9.17, 15) is 110 Å². The largest absolute Gasteiger partial charge is 0.507 e. The Morgan fingerprint density at radius 1 is 0.515 bits per heavy atom. The molecule has 0 aliphatic carbocycles. The number of carboxylic acid groups (broad SMARTS) is 2. The number of carbonyl (C=O) groups is 7. The smallest absolute Gasteiger partial charge is 0.339 e. The van der Waals surface area contributed by atoms with Gasteiger partial charge < -0.3 is 129 Å². The fraction of sp³-hybridized carbons (Fsp3) is 0.537. The number of hydrogen-bond acceptors (Lipinski definition) is 35. The van der Waals surface area contributed by atoms with Crippen molar-refractivity contribution in [2.75, 3.05) is 49.9 Å². The number of phenolic OH excluding ortho intramolecular Hbond substituents is 2. The summed E-state index contributed by atoms with van der Waals surface area (Å²) in [6.07, 6.45) is -21.6. The molecule has 3 aromatic rings. The maximum Gasteiger partial charge on any atom is 0.339 e. The predicted molar refractivity (Wildman–Crippen MR) is 367 cm³/mol. The molecule has 15 atom stereocenters. The maximum atomic E-state index is 12.5. The minimum absolute atomic E-state index is 0. The van der Waals surface area contributed by atoms with E-state index < -0.39 is 201 Å². The molecule has 6 heterocycles. The maximum absolute atomic E-state index is 12.5. The van der Waals surface area contributed by atoms with Crippen LogP contribution in [0.5, 0.6) is 40.2 Å². The Labute approximate surface area is 627 Å². The van der Waals surface area contributed by atoms with Crippen LogP contribution in [0.3, 0.4) is 0 Å². The van der Waals surface area contributed by atoms with Crippen LogP contribution >= 0.6 is 122 Å². The molecule has 6 aliphatic heterocycles. The van der Waals surface area contributed by atoms with Gasteiger partial charge in [0.15, 0.2) is 29.8 Å². The number of halogens is 6. The summed E-state index contributed by atoms with van der Waals surface area (Å²) in [7, 11) is 1.17. The zero-order valence-corrected chi connectivity index (χ0v) is 64.5. The van der Waals surface area contributed by atoms with Gasteiger partial charge in [-0.05, 0) is 18.2 Å². The second-order valence-electron chi connectivity index (χ2n) is 20.4. The molecule has 35 nitrogen and oxygen atoms in total. The van der Waals surface area contributed by atoms with Gasteiger partial charge in [-0.2, -0.15) is 23.5 Å². The molecule has 3 aromatic carbocycles. The monoisotopic (exact) mass is 2090 g/mol. The Morgan fingerprint density at radius 3 is 1.12 bits per heavy atom. The summed E-state index contributed by atoms with van der Waals surface area (Å²) < 4.78 is 48.0. The number of aliphatic carboxylic acids is 2. The van der Waals surface area contributed by atoms with Crippen LogP contribution in [-0.4, -0.2) is 252 Å². The molecule has 97 heavy (non-hydrogen) atoms. The van der Waals surface area contributed by atoms with E-state index in [2.05, 4.69) is 74.5 Å². The molecule has 0 spiro atoms. The van der Waals surface area contributed by atoms with Gasteiger partial charge in [0.2, 0.25) is 5.75 Å². The van der Waals surface area contributed by atoms with Crippen LogP contribution in [0.15, 0.2) is 18.2 Å². The summed E-state index contributed by atoms with van der Waals surface area (Å²) in [5.74, 6) is -8.51. The third kappa shape index (κ3) is 21.8. The Kier molecular flexibility index (Phi) is 38.2. The summed E-state index contributed by atoms with van der Waals surface area (Å²) in [5, 5.41) is 181. The van der Waals surface area contributed by atoms with Gasteiger partial charge in [0.1, 0.15) is 109 Å². The van der Waals surface area contributed by atoms with Crippen molar-refractivity contribution in [2.24, 2.45) is 0 Å². The van der Waals surface area contributed by atoms with Crippen molar-refractivity contribution in [1.82, 2.24) is 0 Å². The first-order valence-electron chi connectivity index (χ1n) is 27.5. The van der Waals surface area contributed by atoms with E-state index in [0.717, 1.165) is 18.2 Å². The normalized spacial score (nSPS) is 25.9. The van der Waals surface area contributed by atoms with E-state index >= 15 is 0 Å². The van der Waals surface area contributed by atoms with Crippen LogP contribution in [0.4, 0.5) is 0 Å². The zero-order chi connectivity index (χ0) is 72.2. The van der Waals surface area contributed by atoms with Crippen LogP contribution < -0.4 is 18.0 Å². The fourth-order valence-electron chi connectivity index (χ4n) is 10.2. The van der Waals surface area contributed by atoms with Crippen molar-refractivity contribution in [3.05, 3.63) is 62.7 Å². The number of carboxylic acids is 2. The second kappa shape index (κ2) is 42.2. The summed E-state index contributed by atoms with van der Waals surface area (Å²) in [6, 6.07) is 2.99. The standard InChI is InChI=1S/C34H38O20S.C14H16O9.C6H10O4S.I3.I2.HI.N2/c1-48-28-15(37)7-12-21(25(28)43)30-32(54-34(12)47)27(45)24(42)17(52-30)10-50-19(39)3-5-55-4-2-18(38)49-9-16-23(41)26(44)31-29(51-16)20-11(33(46)53-31)6-14(36)13(8-35)22(20)40;15-2-5-6(17)1-4-8(9(5)18)12-13(23-14(4)21)11(20)10(19)7(3-16)22-12;7-5(8)1-3-11-4-2-6(9)10;1-3-2;1-2;;1-2/h6-7,16-17,23-24,26-27,29-32,35-37,40-45H,2-5,8-10H2,1H3;1,7,10-13,15-20H,2-3H2;1-4H2,(H,7,8)(H,9,10);;;1H;/q;;;-1;;;. The predicted octanol–water partition coefficient (Wildman–Crippen LogP) is -1.14. The molecule has 0 aromatic heterocycles. The number of carbonyl (C=O) groups excluding carboxylic acids is 5. The molecule has 0 saturated carbocycles. The van der Waals surface area contributed by atoms with Gasteiger partial charge in [-0.25, -0.2) is 14.4 Å². The Morgan fingerprint density at radius 2 is 0.814 bits per heavy atom. The second-order valence-corrected chi connectivity index (χ2v) is 39.1. The van der Waals surface area contributed by atoms with Crippen LogP contribution in [0.2, 0.25) is 0 Å². The van der Waals surface area contributed by atoms with Crippen molar-refractivity contribution in [1.29, 1.82) is 10.8 Å². The first-order chi connectivity index (χ1) is 45.6. The number of benzene rings is 3. The van der Waals surface area contributed by atoms with Crippen LogP contribution in [0, 0.1) is 10.8 Å². The fourth-order valence-corrected chi connectivity index (χ4v) is 11.9. The van der Waals surface area contributed by atoms with E-state index in [4.69, 9.17) is 63.6 Å².